The Kier molecular flexibility index (Phi) is 6.53. The van der Waals surface area contributed by atoms with Crippen molar-refractivity contribution in [2.75, 3.05) is 18.4 Å². The van der Waals surface area contributed by atoms with Crippen LogP contribution in [0.3, 0.4) is 0 Å². The van der Waals surface area contributed by atoms with Gasteiger partial charge in [-0.1, -0.05) is 18.2 Å². The predicted octanol–water partition coefficient (Wildman–Crippen LogP) is 3.57. The molecule has 2 N–H and O–H groups in total. The molecular formula is C20H18F3N5O3. The number of hydrogen-bond donors (Lipinski definition) is 2. The monoisotopic (exact) mass is 433 g/mol. The van der Waals surface area contributed by atoms with Crippen molar-refractivity contribution in [2.45, 2.75) is 12.6 Å². The lowest BCUT2D eigenvalue weighted by Gasteiger charge is -2.11. The quantitative estimate of drug-likeness (QED) is 0.321. The highest BCUT2D eigenvalue weighted by Gasteiger charge is 2.33. The largest absolute Gasteiger partial charge is 0.416 e. The molecule has 3 aromatic rings. The number of benzene rings is 2. The van der Waals surface area contributed by atoms with Crippen molar-refractivity contribution in [3.05, 3.63) is 82.2 Å². The van der Waals surface area contributed by atoms with Gasteiger partial charge in [0, 0.05) is 25.4 Å². The molecule has 0 fully saturated rings. The third-order valence-electron chi connectivity index (χ3n) is 4.31. The summed E-state index contributed by atoms with van der Waals surface area (Å²) in [4.78, 5) is 22.3. The van der Waals surface area contributed by atoms with Gasteiger partial charge in [-0.05, 0) is 29.8 Å². The van der Waals surface area contributed by atoms with E-state index in [1.165, 1.54) is 0 Å². The third kappa shape index (κ3) is 5.81. The summed E-state index contributed by atoms with van der Waals surface area (Å²) >= 11 is 0. The topological polar surface area (TPSA) is 102 Å². The standard InChI is InChI=1S/C20H18F3N5O3/c21-20(22,23)15-6-7-17(18(11-15)28(30)31)24-8-9-25-19(29)10-14-12-26-27(13-14)16-4-2-1-3-5-16/h1-7,11-13,24H,8-10H2,(H,25,29). The molecular weight excluding hydrogens is 415 g/mol. The number of nitrogens with zero attached hydrogens (tertiary/aromatic N) is 3. The average molecular weight is 433 g/mol. The van der Waals surface area contributed by atoms with Crippen LogP contribution in [0.5, 0.6) is 0 Å². The first-order chi connectivity index (χ1) is 14.7. The van der Waals surface area contributed by atoms with Gasteiger partial charge in [0.1, 0.15) is 5.69 Å². The number of amides is 1. The minimum absolute atomic E-state index is 0.0589. The van der Waals surface area contributed by atoms with Crippen LogP contribution in [0.15, 0.2) is 60.9 Å². The Bertz CT molecular complexity index is 1070. The van der Waals surface area contributed by atoms with Crippen molar-refractivity contribution in [3.63, 3.8) is 0 Å². The number of carbonyl (C=O) groups excluding carboxylic acids is 1. The second kappa shape index (κ2) is 9.28. The van der Waals surface area contributed by atoms with E-state index >= 15 is 0 Å². The molecule has 162 valence electrons. The third-order valence-corrected chi connectivity index (χ3v) is 4.31. The van der Waals surface area contributed by atoms with Gasteiger partial charge in [-0.2, -0.15) is 18.3 Å². The molecule has 0 aliphatic rings. The number of nitrogens with one attached hydrogen (secondary N) is 2. The molecule has 1 aromatic heterocycles. The Labute approximate surface area is 174 Å². The van der Waals surface area contributed by atoms with Crippen LogP contribution in [-0.4, -0.2) is 33.7 Å². The molecule has 0 aliphatic heterocycles. The molecule has 0 radical (unpaired) electrons. The van der Waals surface area contributed by atoms with E-state index in [0.29, 0.717) is 11.6 Å². The molecule has 0 aliphatic carbocycles. The molecule has 1 amide bonds. The van der Waals surface area contributed by atoms with Crippen molar-refractivity contribution in [2.24, 2.45) is 0 Å². The van der Waals surface area contributed by atoms with Crippen molar-refractivity contribution < 1.29 is 22.9 Å². The summed E-state index contributed by atoms with van der Waals surface area (Å²) in [6.07, 6.45) is -1.27. The molecule has 0 unspecified atom stereocenters. The van der Waals surface area contributed by atoms with Crippen molar-refractivity contribution in [1.82, 2.24) is 15.1 Å². The average Bonchev–Trinajstić information content (AvgIpc) is 3.19. The molecule has 2 aromatic carbocycles. The number of carbonyl (C=O) groups is 1. The Morgan fingerprint density at radius 1 is 1.13 bits per heavy atom. The fraction of sp³-hybridized carbons (Fsp3) is 0.200. The lowest BCUT2D eigenvalue weighted by atomic mass is 10.1. The highest BCUT2D eigenvalue weighted by molar-refractivity contribution is 5.78. The first kappa shape index (κ1) is 21.8. The number of anilines is 1. The molecule has 0 spiro atoms. The minimum Gasteiger partial charge on any atom is -0.378 e. The lowest BCUT2D eigenvalue weighted by molar-refractivity contribution is -0.384. The van der Waals surface area contributed by atoms with E-state index in [0.717, 1.165) is 17.8 Å². The summed E-state index contributed by atoms with van der Waals surface area (Å²) in [6.45, 7) is 0.227. The molecule has 0 bridgehead atoms. The van der Waals surface area contributed by atoms with Gasteiger partial charge in [0.15, 0.2) is 0 Å². The SMILES string of the molecule is O=C(Cc1cnn(-c2ccccc2)c1)NCCNc1ccc(C(F)(F)F)cc1[N+](=O)[O-]. The number of para-hydroxylation sites is 1. The zero-order chi connectivity index (χ0) is 22.4. The highest BCUT2D eigenvalue weighted by atomic mass is 19.4. The Morgan fingerprint density at radius 2 is 1.87 bits per heavy atom. The van der Waals surface area contributed by atoms with E-state index in [4.69, 9.17) is 0 Å². The van der Waals surface area contributed by atoms with Crippen LogP contribution in [-0.2, 0) is 17.4 Å². The fourth-order valence-corrected chi connectivity index (χ4v) is 2.83. The maximum Gasteiger partial charge on any atom is 0.416 e. The van der Waals surface area contributed by atoms with Crippen molar-refractivity contribution >= 4 is 17.3 Å². The van der Waals surface area contributed by atoms with Gasteiger partial charge in [0.2, 0.25) is 5.91 Å². The Balaban J connectivity index is 1.50. The highest BCUT2D eigenvalue weighted by Crippen LogP contribution is 2.34. The van der Waals surface area contributed by atoms with E-state index in [2.05, 4.69) is 15.7 Å². The van der Waals surface area contributed by atoms with E-state index < -0.39 is 22.4 Å². The smallest absolute Gasteiger partial charge is 0.378 e. The van der Waals surface area contributed by atoms with Gasteiger partial charge in [-0.15, -0.1) is 0 Å². The van der Waals surface area contributed by atoms with Gasteiger partial charge in [0.05, 0.1) is 28.8 Å². The summed E-state index contributed by atoms with van der Waals surface area (Å²) in [7, 11) is 0. The summed E-state index contributed by atoms with van der Waals surface area (Å²) in [6, 6.07) is 11.6. The number of halogens is 3. The van der Waals surface area contributed by atoms with Crippen LogP contribution in [0.1, 0.15) is 11.1 Å². The van der Waals surface area contributed by atoms with Crippen LogP contribution in [0.25, 0.3) is 5.69 Å². The summed E-state index contributed by atoms with van der Waals surface area (Å²) in [5.74, 6) is -0.281. The van der Waals surface area contributed by atoms with Crippen molar-refractivity contribution in [1.29, 1.82) is 0 Å². The first-order valence-corrected chi connectivity index (χ1v) is 9.19. The van der Waals surface area contributed by atoms with Crippen LogP contribution in [0, 0.1) is 10.1 Å². The molecule has 0 atom stereocenters. The van der Waals surface area contributed by atoms with Gasteiger partial charge in [-0.25, -0.2) is 4.68 Å². The van der Waals surface area contributed by atoms with Gasteiger partial charge in [-0.3, -0.25) is 14.9 Å². The van der Waals surface area contributed by atoms with E-state index in [1.54, 1.807) is 17.1 Å². The predicted molar refractivity (Wildman–Crippen MR) is 107 cm³/mol. The summed E-state index contributed by atoms with van der Waals surface area (Å²) in [5, 5.41) is 20.6. The lowest BCUT2D eigenvalue weighted by Crippen LogP contribution is -2.30. The Morgan fingerprint density at radius 3 is 2.55 bits per heavy atom. The fourth-order valence-electron chi connectivity index (χ4n) is 2.83. The van der Waals surface area contributed by atoms with Crippen LogP contribution < -0.4 is 10.6 Å². The van der Waals surface area contributed by atoms with Gasteiger partial charge >= 0.3 is 6.18 Å². The normalized spacial score (nSPS) is 11.2. The molecule has 0 saturated heterocycles. The molecule has 31 heavy (non-hydrogen) atoms. The number of rotatable bonds is 8. The van der Waals surface area contributed by atoms with E-state index in [1.807, 2.05) is 30.3 Å². The van der Waals surface area contributed by atoms with E-state index in [-0.39, 0.29) is 31.1 Å². The van der Waals surface area contributed by atoms with Gasteiger partial charge in [0.25, 0.3) is 5.69 Å². The first-order valence-electron chi connectivity index (χ1n) is 9.19. The molecule has 0 saturated carbocycles. The zero-order valence-corrected chi connectivity index (χ0v) is 16.1. The number of aromatic nitrogens is 2. The zero-order valence-electron chi connectivity index (χ0n) is 16.1. The van der Waals surface area contributed by atoms with E-state index in [9.17, 15) is 28.1 Å². The molecule has 11 heteroatoms. The maximum absolute atomic E-state index is 12.7. The molecule has 1 heterocycles. The number of alkyl halides is 3. The van der Waals surface area contributed by atoms with Gasteiger partial charge < -0.3 is 10.6 Å². The second-order valence-electron chi connectivity index (χ2n) is 6.57. The molecule has 3 rings (SSSR count). The molecule has 8 nitrogen and oxygen atoms in total. The Hall–Kier alpha value is -3.89. The van der Waals surface area contributed by atoms with Crippen LogP contribution in [0.2, 0.25) is 0 Å². The summed E-state index contributed by atoms with van der Waals surface area (Å²) < 4.78 is 39.9. The number of nitro benzene ring substituents is 1. The summed E-state index contributed by atoms with van der Waals surface area (Å²) in [5.41, 5.74) is -0.288. The number of nitro groups is 1. The van der Waals surface area contributed by atoms with Crippen LogP contribution >= 0.6 is 0 Å². The van der Waals surface area contributed by atoms with Crippen LogP contribution in [0.4, 0.5) is 24.5 Å². The maximum atomic E-state index is 12.7. The minimum atomic E-state index is -4.68. The van der Waals surface area contributed by atoms with Crippen molar-refractivity contribution in [3.8, 4) is 5.69 Å². The second-order valence-corrected chi connectivity index (χ2v) is 6.57. The number of hydrogen-bond acceptors (Lipinski definition) is 5.